The number of nitrogens with one attached hydrogen (secondary N) is 1. The van der Waals surface area contributed by atoms with E-state index >= 15 is 0 Å². The topological polar surface area (TPSA) is 106 Å². The number of hydrogen-bond donors (Lipinski definition) is 2. The van der Waals surface area contributed by atoms with Crippen molar-refractivity contribution in [2.45, 2.75) is 38.3 Å². The molecule has 2 aromatic heterocycles. The van der Waals surface area contributed by atoms with Crippen LogP contribution in [0.5, 0.6) is 0 Å². The van der Waals surface area contributed by atoms with Gasteiger partial charge in [0, 0.05) is 50.7 Å². The Hall–Kier alpha value is -3.78. The fourth-order valence-electron chi connectivity index (χ4n) is 4.91. The number of benzene rings is 1. The first-order valence-corrected chi connectivity index (χ1v) is 12.8. The molecule has 0 unspecified atom stereocenters. The zero-order chi connectivity index (χ0) is 28.8. The van der Waals surface area contributed by atoms with Crippen molar-refractivity contribution in [3.05, 3.63) is 53.5 Å². The molecule has 1 saturated heterocycles. The second-order valence-electron chi connectivity index (χ2n) is 10.6. The van der Waals surface area contributed by atoms with Gasteiger partial charge in [0.15, 0.2) is 5.65 Å². The van der Waals surface area contributed by atoms with Crippen LogP contribution in [0.1, 0.15) is 40.1 Å². The van der Waals surface area contributed by atoms with Gasteiger partial charge < -0.3 is 20.2 Å². The quantitative estimate of drug-likeness (QED) is 0.426. The molecule has 2 aliphatic heterocycles. The van der Waals surface area contributed by atoms with Crippen LogP contribution in [0.3, 0.4) is 0 Å². The molecule has 0 bridgehead atoms. The number of carbonyl (C=O) groups excluding carboxylic acids is 2. The summed E-state index contributed by atoms with van der Waals surface area (Å²) in [7, 11) is 0. The molecule has 1 atom stereocenters. The van der Waals surface area contributed by atoms with Crippen molar-refractivity contribution in [2.24, 2.45) is 0 Å². The molecule has 14 heteroatoms. The van der Waals surface area contributed by atoms with Crippen LogP contribution in [0.15, 0.2) is 36.8 Å². The molecule has 214 valence electrons. The van der Waals surface area contributed by atoms with Crippen molar-refractivity contribution in [3.8, 4) is 0 Å². The lowest BCUT2D eigenvalue weighted by Gasteiger charge is -2.37. The summed E-state index contributed by atoms with van der Waals surface area (Å²) < 4.78 is 54.8. The van der Waals surface area contributed by atoms with E-state index in [1.165, 1.54) is 40.6 Å². The minimum atomic E-state index is -4.31. The summed E-state index contributed by atoms with van der Waals surface area (Å²) in [5, 5.41) is 17.0. The van der Waals surface area contributed by atoms with Crippen LogP contribution in [0.2, 0.25) is 0 Å². The van der Waals surface area contributed by atoms with Crippen LogP contribution >= 0.6 is 0 Å². The molecule has 2 amide bonds. The van der Waals surface area contributed by atoms with E-state index in [0.717, 1.165) is 0 Å². The maximum Gasteiger partial charge on any atom is 0.401 e. The van der Waals surface area contributed by atoms with E-state index in [2.05, 4.69) is 15.4 Å². The fourth-order valence-corrected chi connectivity index (χ4v) is 4.91. The van der Waals surface area contributed by atoms with E-state index < -0.39 is 36.3 Å². The van der Waals surface area contributed by atoms with E-state index in [0.29, 0.717) is 28.1 Å². The van der Waals surface area contributed by atoms with E-state index in [4.69, 9.17) is 0 Å². The maximum atomic E-state index is 14.6. The molecule has 40 heavy (non-hydrogen) atoms. The SMILES string of the molecule is CC(C)(O)[C@H](F)CN1Cc2cc(NC(=O)c3cnn4cccnc34)c(N3CCN(CC(F)(F)F)CC3)cc2C1=O. The first kappa shape index (κ1) is 27.8. The number of nitrogens with zero attached hydrogens (tertiary/aromatic N) is 6. The minimum Gasteiger partial charge on any atom is -0.387 e. The highest BCUT2D eigenvalue weighted by Crippen LogP contribution is 2.36. The van der Waals surface area contributed by atoms with Gasteiger partial charge in [-0.25, -0.2) is 13.9 Å². The second-order valence-corrected chi connectivity index (χ2v) is 10.6. The zero-order valence-corrected chi connectivity index (χ0v) is 22.0. The molecular weight excluding hydrogens is 534 g/mol. The average molecular weight is 564 g/mol. The number of aromatic nitrogens is 3. The highest BCUT2D eigenvalue weighted by atomic mass is 19.4. The lowest BCUT2D eigenvalue weighted by atomic mass is 10.0. The Bertz CT molecular complexity index is 1430. The Morgan fingerprint density at radius 1 is 1.18 bits per heavy atom. The molecule has 2 N–H and O–H groups in total. The van der Waals surface area contributed by atoms with Gasteiger partial charge in [0.05, 0.1) is 36.3 Å². The van der Waals surface area contributed by atoms with Gasteiger partial charge in [0.1, 0.15) is 11.7 Å². The van der Waals surface area contributed by atoms with Crippen LogP contribution in [0, 0.1) is 0 Å². The van der Waals surface area contributed by atoms with Gasteiger partial charge in [-0.1, -0.05) is 0 Å². The number of hydrogen-bond acceptors (Lipinski definition) is 7. The Kier molecular flexibility index (Phi) is 7.17. The van der Waals surface area contributed by atoms with Gasteiger partial charge in [-0.3, -0.25) is 14.5 Å². The summed E-state index contributed by atoms with van der Waals surface area (Å²) in [4.78, 5) is 35.1. The monoisotopic (exact) mass is 563 g/mol. The second kappa shape index (κ2) is 10.3. The Morgan fingerprint density at radius 3 is 2.58 bits per heavy atom. The number of carbonyl (C=O) groups is 2. The number of anilines is 2. The number of fused-ring (bicyclic) bond motifs is 2. The Morgan fingerprint density at radius 2 is 1.90 bits per heavy atom. The van der Waals surface area contributed by atoms with E-state index in [9.17, 15) is 32.3 Å². The first-order chi connectivity index (χ1) is 18.8. The van der Waals surface area contributed by atoms with Gasteiger partial charge in [0.25, 0.3) is 11.8 Å². The number of rotatable bonds is 7. The van der Waals surface area contributed by atoms with Crippen molar-refractivity contribution < 1.29 is 32.3 Å². The molecule has 10 nitrogen and oxygen atoms in total. The summed E-state index contributed by atoms with van der Waals surface area (Å²) in [6.07, 6.45) is -1.45. The minimum absolute atomic E-state index is 0.0748. The van der Waals surface area contributed by atoms with Crippen molar-refractivity contribution >= 4 is 28.8 Å². The summed E-state index contributed by atoms with van der Waals surface area (Å²) in [5.74, 6) is -0.929. The number of alkyl halides is 4. The highest BCUT2D eigenvalue weighted by molar-refractivity contribution is 6.10. The molecular formula is C26H29F4N7O3. The maximum absolute atomic E-state index is 14.6. The zero-order valence-electron chi connectivity index (χ0n) is 22.0. The van der Waals surface area contributed by atoms with Gasteiger partial charge in [-0.05, 0) is 37.6 Å². The number of aliphatic hydroxyl groups is 1. The third-order valence-corrected chi connectivity index (χ3v) is 7.14. The van der Waals surface area contributed by atoms with Crippen molar-refractivity contribution in [1.29, 1.82) is 0 Å². The number of piperazine rings is 1. The predicted octanol–water partition coefficient (Wildman–Crippen LogP) is 2.73. The summed E-state index contributed by atoms with van der Waals surface area (Å²) in [6, 6.07) is 4.90. The van der Waals surface area contributed by atoms with E-state index in [1.807, 2.05) is 4.90 Å². The summed E-state index contributed by atoms with van der Waals surface area (Å²) >= 11 is 0. The largest absolute Gasteiger partial charge is 0.401 e. The highest BCUT2D eigenvalue weighted by Gasteiger charge is 2.37. The summed E-state index contributed by atoms with van der Waals surface area (Å²) in [6.45, 7) is 2.13. The van der Waals surface area contributed by atoms with E-state index in [1.54, 1.807) is 24.4 Å². The first-order valence-electron chi connectivity index (χ1n) is 12.8. The lowest BCUT2D eigenvalue weighted by molar-refractivity contribution is -0.146. The average Bonchev–Trinajstić information content (AvgIpc) is 3.44. The smallest absolute Gasteiger partial charge is 0.387 e. The predicted molar refractivity (Wildman–Crippen MR) is 138 cm³/mol. The number of amides is 2. The van der Waals surface area contributed by atoms with Gasteiger partial charge in [-0.15, -0.1) is 0 Å². The fraction of sp³-hybridized carbons (Fsp3) is 0.462. The molecule has 4 heterocycles. The molecule has 0 spiro atoms. The number of halogens is 4. The van der Waals surface area contributed by atoms with Crippen LogP contribution in [0.25, 0.3) is 5.65 Å². The molecule has 0 saturated carbocycles. The summed E-state index contributed by atoms with van der Waals surface area (Å²) in [5.41, 5.74) is 0.607. The van der Waals surface area contributed by atoms with Crippen molar-refractivity contribution in [3.63, 3.8) is 0 Å². The van der Waals surface area contributed by atoms with Gasteiger partial charge in [0.2, 0.25) is 0 Å². The van der Waals surface area contributed by atoms with Crippen molar-refractivity contribution in [2.75, 3.05) is 49.5 Å². The van der Waals surface area contributed by atoms with Crippen LogP contribution in [0.4, 0.5) is 28.9 Å². The molecule has 1 aromatic carbocycles. The Balaban J connectivity index is 1.44. The molecule has 0 aliphatic carbocycles. The van der Waals surface area contributed by atoms with Crippen LogP contribution < -0.4 is 10.2 Å². The standard InChI is InChI=1S/C26H29F4N7O3/c1-25(2,40)21(27)14-36-13-16-10-19(33-23(38)18-12-32-37-5-3-4-31-22(18)37)20(11-17(16)24(36)39)35-8-6-34(7-9-35)15-26(28,29)30/h3-5,10-12,21,40H,6-9,13-15H2,1-2H3,(H,33,38)/t21-/m1/s1. The molecule has 2 aliphatic rings. The Labute approximate surface area is 227 Å². The molecule has 5 rings (SSSR count). The lowest BCUT2D eigenvalue weighted by Crippen LogP contribution is -2.49. The molecule has 0 radical (unpaired) electrons. The normalized spacial score (nSPS) is 17.4. The van der Waals surface area contributed by atoms with Crippen molar-refractivity contribution in [1.82, 2.24) is 24.4 Å². The van der Waals surface area contributed by atoms with E-state index in [-0.39, 0.29) is 44.8 Å². The van der Waals surface area contributed by atoms with Crippen LogP contribution in [-0.4, -0.2) is 98.5 Å². The third kappa shape index (κ3) is 5.72. The van der Waals surface area contributed by atoms with Crippen LogP contribution in [-0.2, 0) is 6.54 Å². The molecule has 3 aromatic rings. The third-order valence-electron chi connectivity index (χ3n) is 7.14. The molecule has 1 fully saturated rings. The van der Waals surface area contributed by atoms with Gasteiger partial charge in [-0.2, -0.15) is 18.3 Å². The van der Waals surface area contributed by atoms with Gasteiger partial charge >= 0.3 is 6.18 Å².